The normalized spacial score (nSPS) is 11.3. The van der Waals surface area contributed by atoms with Crippen LogP contribution >= 0.6 is 11.6 Å². The predicted octanol–water partition coefficient (Wildman–Crippen LogP) is 2.25. The number of carbonyl (C=O) groups is 3. The Kier molecular flexibility index (Phi) is 6.71. The number of hydrogen-bond acceptors (Lipinski definition) is 7. The van der Waals surface area contributed by atoms with Gasteiger partial charge in [0.25, 0.3) is 0 Å². The Bertz CT molecular complexity index is 643. The van der Waals surface area contributed by atoms with Crippen molar-refractivity contribution < 1.29 is 28.6 Å². The van der Waals surface area contributed by atoms with Crippen molar-refractivity contribution in [2.75, 3.05) is 13.7 Å². The highest BCUT2D eigenvalue weighted by Crippen LogP contribution is 2.30. The molecule has 0 fully saturated rings. The van der Waals surface area contributed by atoms with Gasteiger partial charge in [-0.1, -0.05) is 18.2 Å². The van der Waals surface area contributed by atoms with E-state index in [2.05, 4.69) is 16.3 Å². The molecule has 0 bridgehead atoms. The zero-order valence-corrected chi connectivity index (χ0v) is 13.7. The lowest BCUT2D eigenvalue weighted by molar-refractivity contribution is -0.147. The van der Waals surface area contributed by atoms with Crippen LogP contribution in [0, 0.1) is 0 Å². The van der Waals surface area contributed by atoms with Gasteiger partial charge in [-0.3, -0.25) is 4.79 Å². The fraction of sp³-hybridized carbons (Fsp3) is 0.333. The molecule has 0 aliphatic heterocycles. The molecular formula is C15H16ClNO6. The monoisotopic (exact) mass is 341 g/mol. The average Bonchev–Trinajstić information content (AvgIpc) is 2.51. The van der Waals surface area contributed by atoms with Crippen molar-refractivity contribution in [1.82, 2.24) is 4.98 Å². The molecule has 0 saturated heterocycles. The summed E-state index contributed by atoms with van der Waals surface area (Å²) in [5, 5.41) is -0.121. The summed E-state index contributed by atoms with van der Waals surface area (Å²) in [6, 6.07) is 2.74. The van der Waals surface area contributed by atoms with Crippen LogP contribution in [0.1, 0.15) is 36.0 Å². The van der Waals surface area contributed by atoms with E-state index in [1.54, 1.807) is 6.92 Å². The second-order valence-electron chi connectivity index (χ2n) is 4.30. The zero-order valence-electron chi connectivity index (χ0n) is 12.9. The van der Waals surface area contributed by atoms with Gasteiger partial charge in [0.2, 0.25) is 0 Å². The van der Waals surface area contributed by atoms with Crippen molar-refractivity contribution in [1.29, 1.82) is 0 Å². The Labute approximate surface area is 138 Å². The van der Waals surface area contributed by atoms with Crippen LogP contribution in [0.15, 0.2) is 24.3 Å². The molecule has 8 heteroatoms. The van der Waals surface area contributed by atoms with E-state index < -0.39 is 24.0 Å². The Morgan fingerprint density at radius 2 is 2.00 bits per heavy atom. The summed E-state index contributed by atoms with van der Waals surface area (Å²) in [7, 11) is 1.20. The van der Waals surface area contributed by atoms with Crippen molar-refractivity contribution in [2.24, 2.45) is 0 Å². The third-order valence-electron chi connectivity index (χ3n) is 2.69. The third kappa shape index (κ3) is 4.79. The van der Waals surface area contributed by atoms with Gasteiger partial charge < -0.3 is 14.2 Å². The van der Waals surface area contributed by atoms with Crippen LogP contribution in [-0.4, -0.2) is 36.6 Å². The highest BCUT2D eigenvalue weighted by molar-refractivity contribution is 6.30. The van der Waals surface area contributed by atoms with E-state index in [0.29, 0.717) is 0 Å². The second kappa shape index (κ2) is 8.28. The smallest absolute Gasteiger partial charge is 0.356 e. The van der Waals surface area contributed by atoms with Gasteiger partial charge in [-0.25, -0.2) is 14.6 Å². The van der Waals surface area contributed by atoms with E-state index in [4.69, 9.17) is 21.1 Å². The number of nitrogens with zero attached hydrogens (tertiary/aromatic N) is 1. The number of aromatic nitrogens is 1. The number of hydrogen-bond donors (Lipinski definition) is 0. The lowest BCUT2D eigenvalue weighted by atomic mass is 10.0. The number of methoxy groups -OCH3 is 1. The lowest BCUT2D eigenvalue weighted by Gasteiger charge is -2.19. The first kappa shape index (κ1) is 18.6. The van der Waals surface area contributed by atoms with Gasteiger partial charge in [0.05, 0.1) is 19.3 Å². The number of pyridine rings is 1. The van der Waals surface area contributed by atoms with Crippen LogP contribution in [-0.2, 0) is 23.8 Å². The third-order valence-corrected chi connectivity index (χ3v) is 3.00. The highest BCUT2D eigenvalue weighted by Gasteiger charge is 2.28. The molecule has 0 aliphatic rings. The zero-order chi connectivity index (χ0) is 17.6. The van der Waals surface area contributed by atoms with Crippen LogP contribution < -0.4 is 0 Å². The molecule has 1 aromatic rings. The van der Waals surface area contributed by atoms with Gasteiger partial charge in [0, 0.05) is 12.5 Å². The summed E-state index contributed by atoms with van der Waals surface area (Å²) in [5.41, 5.74) is 0.0636. The van der Waals surface area contributed by atoms with Gasteiger partial charge in [0.15, 0.2) is 6.10 Å². The van der Waals surface area contributed by atoms with Crippen molar-refractivity contribution in [3.8, 4) is 0 Å². The molecule has 0 radical (unpaired) electrons. The van der Waals surface area contributed by atoms with Crippen LogP contribution in [0.2, 0.25) is 5.15 Å². The summed E-state index contributed by atoms with van der Waals surface area (Å²) in [6.45, 7) is 6.53. The lowest BCUT2D eigenvalue weighted by Crippen LogP contribution is -2.19. The molecule has 0 aliphatic carbocycles. The number of rotatable bonds is 6. The number of esters is 3. The number of carbonyl (C=O) groups excluding carboxylic acids is 3. The molecule has 1 unspecified atom stereocenters. The van der Waals surface area contributed by atoms with Crippen molar-refractivity contribution in [2.45, 2.75) is 20.0 Å². The molecule has 0 aromatic carbocycles. The number of halogens is 1. The summed E-state index contributed by atoms with van der Waals surface area (Å²) in [4.78, 5) is 38.4. The number of ether oxygens (including phenoxy) is 3. The van der Waals surface area contributed by atoms with Crippen molar-refractivity contribution in [3.05, 3.63) is 40.7 Å². The summed E-state index contributed by atoms with van der Waals surface area (Å²) in [5.74, 6) is -2.05. The Morgan fingerprint density at radius 3 is 2.48 bits per heavy atom. The van der Waals surface area contributed by atoms with Gasteiger partial charge >= 0.3 is 17.9 Å². The first-order chi connectivity index (χ1) is 10.8. The van der Waals surface area contributed by atoms with Crippen LogP contribution in [0.25, 0.3) is 0 Å². The molecule has 0 amide bonds. The van der Waals surface area contributed by atoms with Crippen LogP contribution in [0.4, 0.5) is 0 Å². The van der Waals surface area contributed by atoms with Gasteiger partial charge in [0.1, 0.15) is 10.8 Å². The molecule has 1 heterocycles. The Balaban J connectivity index is 3.22. The van der Waals surface area contributed by atoms with E-state index in [9.17, 15) is 14.4 Å². The van der Waals surface area contributed by atoms with E-state index in [1.807, 2.05) is 0 Å². The van der Waals surface area contributed by atoms with Crippen LogP contribution in [0.5, 0.6) is 0 Å². The van der Waals surface area contributed by atoms with Gasteiger partial charge in [-0.05, 0) is 19.1 Å². The molecule has 7 nitrogen and oxygen atoms in total. The molecule has 0 spiro atoms. The fourth-order valence-electron chi connectivity index (χ4n) is 1.68. The molecule has 0 N–H and O–H groups in total. The first-order valence-electron chi connectivity index (χ1n) is 6.59. The van der Waals surface area contributed by atoms with Crippen molar-refractivity contribution >= 4 is 29.5 Å². The molecule has 124 valence electrons. The maximum atomic E-state index is 11.8. The minimum absolute atomic E-state index is 0.0235. The summed E-state index contributed by atoms with van der Waals surface area (Å²) < 4.78 is 14.5. The molecular weight excluding hydrogens is 326 g/mol. The minimum Gasteiger partial charge on any atom is -0.464 e. The maximum absolute atomic E-state index is 11.8. The van der Waals surface area contributed by atoms with Gasteiger partial charge in [-0.2, -0.15) is 0 Å². The predicted molar refractivity (Wildman–Crippen MR) is 80.9 cm³/mol. The van der Waals surface area contributed by atoms with E-state index in [1.165, 1.54) is 26.2 Å². The van der Waals surface area contributed by atoms with E-state index >= 15 is 0 Å². The fourth-order valence-corrected chi connectivity index (χ4v) is 1.93. The summed E-state index contributed by atoms with van der Waals surface area (Å²) in [6.07, 6.45) is -1.17. The average molecular weight is 342 g/mol. The Hall–Kier alpha value is -2.41. The molecule has 1 aromatic heterocycles. The molecule has 0 saturated carbocycles. The quantitative estimate of drug-likeness (QED) is 0.339. The van der Waals surface area contributed by atoms with Crippen molar-refractivity contribution in [3.63, 3.8) is 0 Å². The van der Waals surface area contributed by atoms with Crippen LogP contribution in [0.3, 0.4) is 0 Å². The molecule has 1 atom stereocenters. The highest BCUT2D eigenvalue weighted by atomic mass is 35.5. The SMILES string of the molecule is C=C(C(=O)OCC)C(OC(C)=O)c1ccc(C(=O)OC)nc1Cl. The molecule has 23 heavy (non-hydrogen) atoms. The largest absolute Gasteiger partial charge is 0.464 e. The summed E-state index contributed by atoms with van der Waals surface area (Å²) >= 11 is 6.03. The minimum atomic E-state index is -1.17. The van der Waals surface area contributed by atoms with E-state index in [0.717, 1.165) is 0 Å². The topological polar surface area (TPSA) is 91.8 Å². The Morgan fingerprint density at radius 1 is 1.35 bits per heavy atom. The first-order valence-corrected chi connectivity index (χ1v) is 6.97. The van der Waals surface area contributed by atoms with E-state index in [-0.39, 0.29) is 28.6 Å². The molecule has 1 rings (SSSR count). The second-order valence-corrected chi connectivity index (χ2v) is 4.66. The standard InChI is InChI=1S/C15H16ClNO6/c1-5-22-14(19)8(2)12(23-9(3)18)10-6-7-11(15(20)21-4)17-13(10)16/h6-7,12H,2,5H2,1,3-4H3. The maximum Gasteiger partial charge on any atom is 0.356 e. The van der Waals surface area contributed by atoms with Gasteiger partial charge in [-0.15, -0.1) is 0 Å².